The Hall–Kier alpha value is -2.47. The molecule has 1 aliphatic heterocycles. The number of nitrogens with zero attached hydrogens (tertiary/aromatic N) is 1. The highest BCUT2D eigenvalue weighted by Gasteiger charge is 2.20. The fourth-order valence-electron chi connectivity index (χ4n) is 3.07. The van der Waals surface area contributed by atoms with Crippen LogP contribution in [0.1, 0.15) is 6.42 Å². The van der Waals surface area contributed by atoms with Gasteiger partial charge in [0.1, 0.15) is 12.7 Å². The second-order valence-corrected chi connectivity index (χ2v) is 7.18. The van der Waals surface area contributed by atoms with Gasteiger partial charge in [-0.2, -0.15) is 0 Å². The lowest BCUT2D eigenvalue weighted by molar-refractivity contribution is -0.121. The first-order chi connectivity index (χ1) is 12.7. The lowest BCUT2D eigenvalue weighted by Gasteiger charge is -2.26. The van der Waals surface area contributed by atoms with Crippen molar-refractivity contribution in [2.45, 2.75) is 19.1 Å². The summed E-state index contributed by atoms with van der Waals surface area (Å²) < 4.78 is 14.7. The van der Waals surface area contributed by atoms with Crippen LogP contribution in [0.3, 0.4) is 0 Å². The molecule has 0 aliphatic carbocycles. The number of nitrogens with one attached hydrogen (secondary N) is 1. The molecule has 0 bridgehead atoms. The van der Waals surface area contributed by atoms with Crippen molar-refractivity contribution in [1.29, 1.82) is 0 Å². The maximum absolute atomic E-state index is 12.2. The molecule has 1 aromatic heterocycles. The molecule has 0 saturated heterocycles. The average Bonchev–Trinajstić information content (AvgIpc) is 3.06. The SMILES string of the molecule is O=C(CCn1ccc2cc(Br)ccc21)NCC1COc2ccccc2O1. The molecule has 4 rings (SSSR count). The first-order valence-corrected chi connectivity index (χ1v) is 9.38. The Kier molecular flexibility index (Phi) is 4.84. The van der Waals surface area contributed by atoms with Crippen molar-refractivity contribution in [2.24, 2.45) is 0 Å². The predicted octanol–water partition coefficient (Wildman–Crippen LogP) is 3.75. The second-order valence-electron chi connectivity index (χ2n) is 6.26. The number of para-hydroxylation sites is 2. The van der Waals surface area contributed by atoms with E-state index in [4.69, 9.17) is 9.47 Å². The van der Waals surface area contributed by atoms with Gasteiger partial charge in [0.2, 0.25) is 5.91 Å². The van der Waals surface area contributed by atoms with Crippen molar-refractivity contribution in [2.75, 3.05) is 13.2 Å². The van der Waals surface area contributed by atoms with Crippen molar-refractivity contribution < 1.29 is 14.3 Å². The standard InChI is InChI=1S/C20H19BrN2O3/c21-15-5-6-17-14(11-15)7-9-23(17)10-8-20(24)22-12-16-13-25-18-3-1-2-4-19(18)26-16/h1-7,9,11,16H,8,10,12-13H2,(H,22,24). The number of hydrogen-bond acceptors (Lipinski definition) is 3. The molecule has 1 N–H and O–H groups in total. The molecular formula is C20H19BrN2O3. The number of amides is 1. The number of aryl methyl sites for hydroxylation is 1. The molecule has 5 nitrogen and oxygen atoms in total. The van der Waals surface area contributed by atoms with E-state index in [0.717, 1.165) is 26.9 Å². The van der Waals surface area contributed by atoms with Crippen LogP contribution >= 0.6 is 15.9 Å². The van der Waals surface area contributed by atoms with E-state index in [1.54, 1.807) is 0 Å². The van der Waals surface area contributed by atoms with E-state index in [-0.39, 0.29) is 12.0 Å². The van der Waals surface area contributed by atoms with E-state index in [1.165, 1.54) is 0 Å². The zero-order valence-electron chi connectivity index (χ0n) is 14.2. The minimum absolute atomic E-state index is 0.00594. The number of rotatable bonds is 5. The van der Waals surface area contributed by atoms with E-state index >= 15 is 0 Å². The molecular weight excluding hydrogens is 396 g/mol. The molecule has 2 aromatic carbocycles. The van der Waals surface area contributed by atoms with Crippen LogP contribution in [-0.2, 0) is 11.3 Å². The van der Waals surface area contributed by atoms with Crippen LogP contribution in [0.25, 0.3) is 10.9 Å². The average molecular weight is 415 g/mol. The Morgan fingerprint density at radius 3 is 2.92 bits per heavy atom. The van der Waals surface area contributed by atoms with Crippen LogP contribution < -0.4 is 14.8 Å². The van der Waals surface area contributed by atoms with Crippen LogP contribution in [0.5, 0.6) is 11.5 Å². The van der Waals surface area contributed by atoms with Crippen LogP contribution in [-0.4, -0.2) is 29.7 Å². The number of aromatic nitrogens is 1. The van der Waals surface area contributed by atoms with Gasteiger partial charge in [-0.3, -0.25) is 4.79 Å². The van der Waals surface area contributed by atoms with Gasteiger partial charge in [0.25, 0.3) is 0 Å². The highest BCUT2D eigenvalue weighted by molar-refractivity contribution is 9.10. The third-order valence-electron chi connectivity index (χ3n) is 4.41. The summed E-state index contributed by atoms with van der Waals surface area (Å²) in [6.45, 7) is 1.52. The summed E-state index contributed by atoms with van der Waals surface area (Å²) in [5.41, 5.74) is 1.13. The van der Waals surface area contributed by atoms with Gasteiger partial charge in [-0.05, 0) is 36.4 Å². The van der Waals surface area contributed by atoms with Crippen LogP contribution in [0.15, 0.2) is 59.2 Å². The first-order valence-electron chi connectivity index (χ1n) is 8.58. The summed E-state index contributed by atoms with van der Waals surface area (Å²) >= 11 is 3.48. The third-order valence-corrected chi connectivity index (χ3v) is 4.90. The molecule has 1 unspecified atom stereocenters. The molecule has 0 spiro atoms. The Balaban J connectivity index is 1.28. The van der Waals surface area contributed by atoms with Gasteiger partial charge < -0.3 is 19.4 Å². The van der Waals surface area contributed by atoms with Gasteiger partial charge in [0, 0.05) is 34.5 Å². The monoisotopic (exact) mass is 414 g/mol. The fraction of sp³-hybridized carbons (Fsp3) is 0.250. The molecule has 0 fully saturated rings. The molecule has 3 aromatic rings. The minimum Gasteiger partial charge on any atom is -0.486 e. The Morgan fingerprint density at radius 2 is 2.04 bits per heavy atom. The second kappa shape index (κ2) is 7.41. The lowest BCUT2D eigenvalue weighted by atomic mass is 10.2. The van der Waals surface area contributed by atoms with Crippen molar-refractivity contribution in [1.82, 2.24) is 9.88 Å². The van der Waals surface area contributed by atoms with E-state index in [9.17, 15) is 4.79 Å². The van der Waals surface area contributed by atoms with Gasteiger partial charge >= 0.3 is 0 Å². The number of hydrogen-bond donors (Lipinski definition) is 1. The van der Waals surface area contributed by atoms with Crippen molar-refractivity contribution in [3.05, 3.63) is 59.2 Å². The summed E-state index contributed by atoms with van der Waals surface area (Å²) in [6.07, 6.45) is 2.27. The molecule has 134 valence electrons. The summed E-state index contributed by atoms with van der Waals surface area (Å²) in [5, 5.41) is 4.10. The summed E-state index contributed by atoms with van der Waals surface area (Å²) in [7, 11) is 0. The molecule has 1 amide bonds. The number of carbonyl (C=O) groups excluding carboxylic acids is 1. The molecule has 1 atom stereocenters. The number of fused-ring (bicyclic) bond motifs is 2. The van der Waals surface area contributed by atoms with E-state index in [2.05, 4.69) is 44.0 Å². The molecule has 0 radical (unpaired) electrons. The molecule has 6 heteroatoms. The number of carbonyl (C=O) groups is 1. The predicted molar refractivity (Wildman–Crippen MR) is 104 cm³/mol. The zero-order chi connectivity index (χ0) is 17.9. The molecule has 2 heterocycles. The van der Waals surface area contributed by atoms with Crippen LogP contribution in [0, 0.1) is 0 Å². The van der Waals surface area contributed by atoms with Gasteiger partial charge in [0.05, 0.1) is 6.54 Å². The maximum atomic E-state index is 12.2. The Morgan fingerprint density at radius 1 is 1.19 bits per heavy atom. The van der Waals surface area contributed by atoms with Gasteiger partial charge in [-0.15, -0.1) is 0 Å². The fourth-order valence-corrected chi connectivity index (χ4v) is 3.45. The van der Waals surface area contributed by atoms with Gasteiger partial charge in [-0.1, -0.05) is 28.1 Å². The first kappa shape index (κ1) is 17.0. The summed E-state index contributed by atoms with van der Waals surface area (Å²) in [6, 6.07) is 15.8. The highest BCUT2D eigenvalue weighted by Crippen LogP contribution is 2.30. The zero-order valence-corrected chi connectivity index (χ0v) is 15.7. The third kappa shape index (κ3) is 3.70. The van der Waals surface area contributed by atoms with Gasteiger partial charge in [0.15, 0.2) is 11.5 Å². The van der Waals surface area contributed by atoms with Crippen LogP contribution in [0.4, 0.5) is 0 Å². The number of ether oxygens (including phenoxy) is 2. The smallest absolute Gasteiger partial charge is 0.221 e. The molecule has 26 heavy (non-hydrogen) atoms. The van der Waals surface area contributed by atoms with E-state index in [0.29, 0.717) is 26.1 Å². The maximum Gasteiger partial charge on any atom is 0.221 e. The van der Waals surface area contributed by atoms with E-state index < -0.39 is 0 Å². The van der Waals surface area contributed by atoms with Gasteiger partial charge in [-0.25, -0.2) is 0 Å². The van der Waals surface area contributed by atoms with Crippen molar-refractivity contribution in [3.8, 4) is 11.5 Å². The molecule has 0 saturated carbocycles. The summed E-state index contributed by atoms with van der Waals surface area (Å²) in [4.78, 5) is 12.2. The number of benzene rings is 2. The van der Waals surface area contributed by atoms with Crippen LogP contribution in [0.2, 0.25) is 0 Å². The Labute approximate surface area is 160 Å². The largest absolute Gasteiger partial charge is 0.486 e. The van der Waals surface area contributed by atoms with E-state index in [1.807, 2.05) is 36.5 Å². The Bertz CT molecular complexity index is 938. The van der Waals surface area contributed by atoms with Crippen molar-refractivity contribution >= 4 is 32.7 Å². The number of halogens is 1. The highest BCUT2D eigenvalue weighted by atomic mass is 79.9. The normalized spacial score (nSPS) is 15.8. The topological polar surface area (TPSA) is 52.5 Å². The summed E-state index contributed by atoms with van der Waals surface area (Å²) in [5.74, 6) is 1.48. The molecule has 1 aliphatic rings. The minimum atomic E-state index is -0.168. The quantitative estimate of drug-likeness (QED) is 0.691. The van der Waals surface area contributed by atoms with Crippen molar-refractivity contribution in [3.63, 3.8) is 0 Å². The lowest BCUT2D eigenvalue weighted by Crippen LogP contribution is -2.40.